The molecule has 2 aromatic heterocycles. The van der Waals surface area contributed by atoms with Gasteiger partial charge in [0, 0.05) is 61.5 Å². The Morgan fingerprint density at radius 3 is 2.41 bits per heavy atom. The predicted octanol–water partition coefficient (Wildman–Crippen LogP) is 3.20. The van der Waals surface area contributed by atoms with E-state index in [9.17, 15) is 9.59 Å². The molecule has 8 nitrogen and oxygen atoms in total. The number of amides is 2. The summed E-state index contributed by atoms with van der Waals surface area (Å²) in [6.45, 7) is 5.44. The zero-order chi connectivity index (χ0) is 22.5. The summed E-state index contributed by atoms with van der Waals surface area (Å²) < 4.78 is 2.76. The van der Waals surface area contributed by atoms with E-state index in [0.29, 0.717) is 43.4 Å². The van der Waals surface area contributed by atoms with Gasteiger partial charge in [0.25, 0.3) is 5.91 Å². The maximum Gasteiger partial charge on any atom is 0.272 e. The predicted molar refractivity (Wildman–Crippen MR) is 127 cm³/mol. The van der Waals surface area contributed by atoms with Crippen molar-refractivity contribution in [3.63, 3.8) is 0 Å². The molecule has 0 atom stereocenters. The second-order valence-corrected chi connectivity index (χ2v) is 8.49. The van der Waals surface area contributed by atoms with E-state index in [0.717, 1.165) is 23.1 Å². The fourth-order valence-electron chi connectivity index (χ4n) is 3.72. The molecule has 0 radical (unpaired) electrons. The molecule has 3 aromatic rings. The molecule has 0 unspecified atom stereocenters. The van der Waals surface area contributed by atoms with Crippen molar-refractivity contribution in [2.45, 2.75) is 19.9 Å². The van der Waals surface area contributed by atoms with Gasteiger partial charge in [-0.25, -0.2) is 9.97 Å². The van der Waals surface area contributed by atoms with Crippen LogP contribution >= 0.6 is 15.9 Å². The quantitative estimate of drug-likeness (QED) is 0.566. The lowest BCUT2D eigenvalue weighted by molar-refractivity contribution is -0.130. The van der Waals surface area contributed by atoms with Gasteiger partial charge in [-0.05, 0) is 52.7 Å². The van der Waals surface area contributed by atoms with Crippen molar-refractivity contribution < 1.29 is 9.59 Å². The second kappa shape index (κ2) is 9.95. The lowest BCUT2D eigenvalue weighted by Crippen LogP contribution is -2.49. The smallest absolute Gasteiger partial charge is 0.272 e. The molecule has 1 aliphatic rings. The molecule has 1 N–H and O–H groups in total. The molecule has 166 valence electrons. The minimum absolute atomic E-state index is 0.0982. The van der Waals surface area contributed by atoms with Crippen molar-refractivity contribution in [1.29, 1.82) is 0 Å². The molecule has 1 aliphatic heterocycles. The third kappa shape index (κ3) is 5.16. The van der Waals surface area contributed by atoms with E-state index in [1.165, 1.54) is 0 Å². The SMILES string of the molecule is CCn1cc(Br)cc1C(=O)Nc1ccc(CC(=O)N2CCN(c3ncccn3)CC2)cc1. The molecule has 1 aromatic carbocycles. The maximum atomic E-state index is 12.7. The highest BCUT2D eigenvalue weighted by molar-refractivity contribution is 9.10. The summed E-state index contributed by atoms with van der Waals surface area (Å²) in [5.74, 6) is 0.637. The Balaban J connectivity index is 1.30. The van der Waals surface area contributed by atoms with Gasteiger partial charge in [-0.2, -0.15) is 0 Å². The van der Waals surface area contributed by atoms with Crippen LogP contribution in [0.2, 0.25) is 0 Å². The number of carbonyl (C=O) groups excluding carboxylic acids is 2. The third-order valence-corrected chi connectivity index (χ3v) is 5.90. The zero-order valence-corrected chi connectivity index (χ0v) is 19.5. The Bertz CT molecular complexity index is 1080. The van der Waals surface area contributed by atoms with E-state index in [4.69, 9.17) is 0 Å². The highest BCUT2D eigenvalue weighted by Crippen LogP contribution is 2.18. The van der Waals surface area contributed by atoms with Gasteiger partial charge in [-0.15, -0.1) is 0 Å². The number of halogens is 1. The molecule has 0 saturated carbocycles. The van der Waals surface area contributed by atoms with Crippen LogP contribution in [0.1, 0.15) is 23.0 Å². The molecule has 0 spiro atoms. The minimum Gasteiger partial charge on any atom is -0.343 e. The number of hydrogen-bond acceptors (Lipinski definition) is 5. The van der Waals surface area contributed by atoms with Crippen LogP contribution in [0.4, 0.5) is 11.6 Å². The monoisotopic (exact) mass is 496 g/mol. The highest BCUT2D eigenvalue weighted by atomic mass is 79.9. The first-order valence-electron chi connectivity index (χ1n) is 10.6. The number of aromatic nitrogens is 3. The topological polar surface area (TPSA) is 83.4 Å². The van der Waals surface area contributed by atoms with Crippen molar-refractivity contribution in [2.24, 2.45) is 0 Å². The van der Waals surface area contributed by atoms with Crippen molar-refractivity contribution in [3.8, 4) is 0 Å². The number of anilines is 2. The molecular formula is C23H25BrN6O2. The van der Waals surface area contributed by atoms with Crippen LogP contribution in [0.15, 0.2) is 59.5 Å². The first kappa shape index (κ1) is 22.0. The van der Waals surface area contributed by atoms with E-state index < -0.39 is 0 Å². The minimum atomic E-state index is -0.165. The molecule has 1 fully saturated rings. The van der Waals surface area contributed by atoms with Gasteiger partial charge < -0.3 is 19.7 Å². The van der Waals surface area contributed by atoms with Gasteiger partial charge in [0.2, 0.25) is 11.9 Å². The molecule has 3 heterocycles. The van der Waals surface area contributed by atoms with Gasteiger partial charge >= 0.3 is 0 Å². The van der Waals surface area contributed by atoms with Crippen LogP contribution in [0.25, 0.3) is 0 Å². The number of hydrogen-bond donors (Lipinski definition) is 1. The normalized spacial score (nSPS) is 13.8. The number of rotatable bonds is 6. The fourth-order valence-corrected chi connectivity index (χ4v) is 4.19. The van der Waals surface area contributed by atoms with E-state index in [2.05, 4.69) is 36.1 Å². The van der Waals surface area contributed by atoms with Gasteiger partial charge in [0.15, 0.2) is 0 Å². The Hall–Kier alpha value is -3.20. The molecule has 9 heteroatoms. The highest BCUT2D eigenvalue weighted by Gasteiger charge is 2.22. The number of nitrogens with one attached hydrogen (secondary N) is 1. The maximum absolute atomic E-state index is 12.7. The average molecular weight is 497 g/mol. The Morgan fingerprint density at radius 2 is 1.75 bits per heavy atom. The molecule has 4 rings (SSSR count). The van der Waals surface area contributed by atoms with Crippen LogP contribution in [0, 0.1) is 0 Å². The molecule has 1 saturated heterocycles. The summed E-state index contributed by atoms with van der Waals surface area (Å²) in [6, 6.07) is 11.0. The van der Waals surface area contributed by atoms with Gasteiger partial charge in [-0.1, -0.05) is 12.1 Å². The zero-order valence-electron chi connectivity index (χ0n) is 17.9. The van der Waals surface area contributed by atoms with Crippen molar-refractivity contribution in [2.75, 3.05) is 36.4 Å². The van der Waals surface area contributed by atoms with Crippen LogP contribution in [-0.2, 0) is 17.8 Å². The summed E-state index contributed by atoms with van der Waals surface area (Å²) in [5.41, 5.74) is 2.21. The molecule has 2 amide bonds. The number of nitrogens with zero attached hydrogens (tertiary/aromatic N) is 5. The van der Waals surface area contributed by atoms with E-state index in [1.807, 2.05) is 46.9 Å². The third-order valence-electron chi connectivity index (χ3n) is 5.47. The van der Waals surface area contributed by atoms with Crippen LogP contribution in [0.3, 0.4) is 0 Å². The summed E-state index contributed by atoms with van der Waals surface area (Å²) >= 11 is 3.41. The summed E-state index contributed by atoms with van der Waals surface area (Å²) in [6.07, 6.45) is 5.68. The average Bonchev–Trinajstić information content (AvgIpc) is 3.22. The van der Waals surface area contributed by atoms with E-state index >= 15 is 0 Å². The standard InChI is InChI=1S/C23H25BrN6O2/c1-2-28-16-18(24)15-20(28)22(32)27-19-6-4-17(5-7-19)14-21(31)29-10-12-30(13-11-29)23-25-8-3-9-26-23/h3-9,15-16H,2,10-14H2,1H3,(H,27,32). The van der Waals surface area contributed by atoms with Crippen LogP contribution in [0.5, 0.6) is 0 Å². The number of aryl methyl sites for hydroxylation is 1. The Labute approximate surface area is 195 Å². The van der Waals surface area contributed by atoms with Crippen molar-refractivity contribution in [3.05, 3.63) is 70.7 Å². The van der Waals surface area contributed by atoms with Gasteiger partial charge in [0.05, 0.1) is 6.42 Å². The molecule has 0 aliphatic carbocycles. The number of piperazine rings is 1. The van der Waals surface area contributed by atoms with E-state index in [1.54, 1.807) is 24.5 Å². The molecular weight excluding hydrogens is 472 g/mol. The van der Waals surface area contributed by atoms with Crippen molar-refractivity contribution in [1.82, 2.24) is 19.4 Å². The summed E-state index contributed by atoms with van der Waals surface area (Å²) in [4.78, 5) is 37.8. The molecule has 32 heavy (non-hydrogen) atoms. The molecule has 0 bridgehead atoms. The second-order valence-electron chi connectivity index (χ2n) is 7.57. The lowest BCUT2D eigenvalue weighted by atomic mass is 10.1. The van der Waals surface area contributed by atoms with Gasteiger partial charge in [-0.3, -0.25) is 9.59 Å². The van der Waals surface area contributed by atoms with Crippen LogP contribution in [-0.4, -0.2) is 57.4 Å². The number of carbonyl (C=O) groups is 2. The lowest BCUT2D eigenvalue weighted by Gasteiger charge is -2.34. The number of benzene rings is 1. The summed E-state index contributed by atoms with van der Waals surface area (Å²) in [5, 5.41) is 2.92. The van der Waals surface area contributed by atoms with Gasteiger partial charge in [0.1, 0.15) is 5.69 Å². The largest absolute Gasteiger partial charge is 0.343 e. The Kier molecular flexibility index (Phi) is 6.84. The van der Waals surface area contributed by atoms with Crippen LogP contribution < -0.4 is 10.2 Å². The Morgan fingerprint density at radius 1 is 1.06 bits per heavy atom. The fraction of sp³-hybridized carbons (Fsp3) is 0.304. The first-order chi connectivity index (χ1) is 15.5. The van der Waals surface area contributed by atoms with Crippen molar-refractivity contribution >= 4 is 39.4 Å². The van der Waals surface area contributed by atoms with E-state index in [-0.39, 0.29) is 11.8 Å². The summed E-state index contributed by atoms with van der Waals surface area (Å²) in [7, 11) is 0. The first-order valence-corrected chi connectivity index (χ1v) is 11.4.